The lowest BCUT2D eigenvalue weighted by Gasteiger charge is -2.20. The van der Waals surface area contributed by atoms with Crippen molar-refractivity contribution in [2.75, 3.05) is 6.79 Å². The number of aromatic nitrogens is 3. The molecule has 1 aromatic heterocycles. The van der Waals surface area contributed by atoms with Crippen molar-refractivity contribution in [2.24, 2.45) is 0 Å². The van der Waals surface area contributed by atoms with Crippen LogP contribution in [0.15, 0.2) is 54.2 Å². The molecule has 0 bridgehead atoms. The van der Waals surface area contributed by atoms with Gasteiger partial charge in [0, 0.05) is 35.6 Å². The van der Waals surface area contributed by atoms with E-state index in [1.807, 2.05) is 0 Å². The third-order valence-electron chi connectivity index (χ3n) is 4.48. The van der Waals surface area contributed by atoms with Gasteiger partial charge in [-0.05, 0) is 12.1 Å². The number of hydrogen-bond donors (Lipinski definition) is 0. The number of rotatable bonds is 7. The summed E-state index contributed by atoms with van der Waals surface area (Å²) in [6, 6.07) is 9.29. The molecular formula is C20H17FN4O4S. The van der Waals surface area contributed by atoms with Crippen molar-refractivity contribution in [3.8, 4) is 17.1 Å². The van der Waals surface area contributed by atoms with Crippen LogP contribution in [0, 0.1) is 15.9 Å². The number of thioether (sulfide) groups is 1. The van der Waals surface area contributed by atoms with Gasteiger partial charge in [0.25, 0.3) is 5.69 Å². The first kappa shape index (κ1) is 20.0. The zero-order valence-electron chi connectivity index (χ0n) is 15.8. The molecule has 0 saturated heterocycles. The summed E-state index contributed by atoms with van der Waals surface area (Å²) in [7, 11) is 0. The summed E-state index contributed by atoms with van der Waals surface area (Å²) in [6.45, 7) is 4.48. The Labute approximate surface area is 175 Å². The van der Waals surface area contributed by atoms with Gasteiger partial charge in [0.05, 0.1) is 17.1 Å². The predicted octanol–water partition coefficient (Wildman–Crippen LogP) is 4.34. The topological polar surface area (TPSA) is 92.3 Å². The maximum atomic E-state index is 14.3. The van der Waals surface area contributed by atoms with Crippen LogP contribution in [0.2, 0.25) is 0 Å². The van der Waals surface area contributed by atoms with Crippen LogP contribution in [0.4, 0.5) is 10.1 Å². The largest absolute Gasteiger partial charge is 0.467 e. The Morgan fingerprint density at radius 3 is 2.93 bits per heavy atom. The molecule has 0 unspecified atom stereocenters. The quantitative estimate of drug-likeness (QED) is 0.239. The van der Waals surface area contributed by atoms with Gasteiger partial charge in [-0.2, -0.15) is 0 Å². The van der Waals surface area contributed by atoms with E-state index < -0.39 is 10.7 Å². The number of nitrogens with zero attached hydrogens (tertiary/aromatic N) is 4. The number of benzene rings is 2. The lowest BCUT2D eigenvalue weighted by Crippen LogP contribution is -2.13. The molecule has 0 saturated carbocycles. The van der Waals surface area contributed by atoms with E-state index in [0.717, 1.165) is 0 Å². The number of nitro groups is 1. The monoisotopic (exact) mass is 428 g/mol. The lowest BCUT2D eigenvalue weighted by molar-refractivity contribution is -0.385. The Hall–Kier alpha value is -3.24. The third-order valence-corrected chi connectivity index (χ3v) is 5.50. The summed E-state index contributed by atoms with van der Waals surface area (Å²) in [5.41, 5.74) is 1.60. The minimum absolute atomic E-state index is 0.0296. The van der Waals surface area contributed by atoms with Gasteiger partial charge in [-0.1, -0.05) is 30.0 Å². The first-order valence-corrected chi connectivity index (χ1v) is 9.99. The van der Waals surface area contributed by atoms with Crippen molar-refractivity contribution in [2.45, 2.75) is 24.1 Å². The average molecular weight is 428 g/mol. The molecule has 0 N–H and O–H groups in total. The van der Waals surface area contributed by atoms with E-state index in [2.05, 4.69) is 16.8 Å². The average Bonchev–Trinajstić information content (AvgIpc) is 3.14. The van der Waals surface area contributed by atoms with Crippen LogP contribution < -0.4 is 4.74 Å². The van der Waals surface area contributed by atoms with Crippen molar-refractivity contribution in [1.29, 1.82) is 0 Å². The van der Waals surface area contributed by atoms with Crippen LogP contribution in [0.3, 0.4) is 0 Å². The minimum atomic E-state index is -0.445. The number of nitro benzene ring substituents is 1. The Morgan fingerprint density at radius 2 is 2.17 bits per heavy atom. The van der Waals surface area contributed by atoms with E-state index in [1.54, 1.807) is 28.8 Å². The Morgan fingerprint density at radius 1 is 1.33 bits per heavy atom. The maximum absolute atomic E-state index is 14.3. The van der Waals surface area contributed by atoms with Gasteiger partial charge in [-0.25, -0.2) is 4.39 Å². The number of hydrogen-bond acceptors (Lipinski definition) is 7. The van der Waals surface area contributed by atoms with Gasteiger partial charge in [0.15, 0.2) is 17.8 Å². The highest BCUT2D eigenvalue weighted by Crippen LogP contribution is 2.36. The van der Waals surface area contributed by atoms with Crippen LogP contribution in [0.25, 0.3) is 11.4 Å². The zero-order chi connectivity index (χ0) is 21.1. The van der Waals surface area contributed by atoms with E-state index in [1.165, 1.54) is 30.0 Å². The van der Waals surface area contributed by atoms with Gasteiger partial charge in [0.2, 0.25) is 0 Å². The summed E-state index contributed by atoms with van der Waals surface area (Å²) < 4.78 is 26.8. The molecule has 0 radical (unpaired) electrons. The van der Waals surface area contributed by atoms with E-state index in [4.69, 9.17) is 9.47 Å². The number of halogens is 1. The highest BCUT2D eigenvalue weighted by atomic mass is 32.2. The smallest absolute Gasteiger partial charge is 0.270 e. The Bertz CT molecular complexity index is 1120. The summed E-state index contributed by atoms with van der Waals surface area (Å²) in [4.78, 5) is 10.8. The van der Waals surface area contributed by atoms with Crippen molar-refractivity contribution < 1.29 is 18.8 Å². The number of ether oxygens (including phenoxy) is 2. The summed E-state index contributed by atoms with van der Waals surface area (Å²) in [5.74, 6) is 0.939. The number of non-ortho nitro benzene ring substituents is 1. The molecule has 0 aliphatic carbocycles. The fraction of sp³-hybridized carbons (Fsp3) is 0.200. The molecule has 1 aliphatic heterocycles. The number of allylic oxidation sites excluding steroid dienone is 1. The normalized spacial score (nSPS) is 12.8. The van der Waals surface area contributed by atoms with E-state index in [9.17, 15) is 14.5 Å². The molecule has 1 aliphatic rings. The minimum Gasteiger partial charge on any atom is -0.467 e. The van der Waals surface area contributed by atoms with E-state index >= 15 is 0 Å². The van der Waals surface area contributed by atoms with Gasteiger partial charge >= 0.3 is 0 Å². The van der Waals surface area contributed by atoms with E-state index in [0.29, 0.717) is 45.7 Å². The van der Waals surface area contributed by atoms with Gasteiger partial charge in [-0.3, -0.25) is 14.7 Å². The van der Waals surface area contributed by atoms with Crippen molar-refractivity contribution in [1.82, 2.24) is 14.8 Å². The highest BCUT2D eigenvalue weighted by Gasteiger charge is 2.22. The first-order chi connectivity index (χ1) is 14.6. The SMILES string of the molecule is C=CCn1c(SCc2cc([N+](=O)[O-])cc3c2OCOC3)nnc1-c1ccccc1F. The third kappa shape index (κ3) is 3.91. The molecule has 2 aromatic carbocycles. The van der Waals surface area contributed by atoms with Crippen LogP contribution >= 0.6 is 11.8 Å². The predicted molar refractivity (Wildman–Crippen MR) is 109 cm³/mol. The van der Waals surface area contributed by atoms with Gasteiger partial charge in [-0.15, -0.1) is 16.8 Å². The second-order valence-corrected chi connectivity index (χ2v) is 7.38. The summed E-state index contributed by atoms with van der Waals surface area (Å²) in [5, 5.41) is 20.2. The molecule has 4 rings (SSSR count). The fourth-order valence-corrected chi connectivity index (χ4v) is 4.08. The number of fused-ring (bicyclic) bond motifs is 1. The Kier molecular flexibility index (Phi) is 5.77. The van der Waals surface area contributed by atoms with Crippen LogP contribution in [0.1, 0.15) is 11.1 Å². The highest BCUT2D eigenvalue weighted by molar-refractivity contribution is 7.98. The molecule has 0 atom stereocenters. The molecular weight excluding hydrogens is 411 g/mol. The standard InChI is InChI=1S/C20H17FN4O4S/c1-2-7-24-19(16-5-3-4-6-17(16)21)22-23-20(24)30-11-14-9-15(25(26)27)8-13-10-28-12-29-18(13)14/h2-6,8-9H,1,7,10-12H2. The molecule has 10 heteroatoms. The molecule has 3 aromatic rings. The van der Waals surface area contributed by atoms with Crippen molar-refractivity contribution >= 4 is 17.4 Å². The van der Waals surface area contributed by atoms with Crippen LogP contribution in [-0.2, 0) is 23.6 Å². The fourth-order valence-electron chi connectivity index (χ4n) is 3.17. The van der Waals surface area contributed by atoms with Crippen LogP contribution in [0.5, 0.6) is 5.75 Å². The zero-order valence-corrected chi connectivity index (χ0v) is 16.6. The second kappa shape index (κ2) is 8.64. The van der Waals surface area contributed by atoms with Crippen LogP contribution in [-0.4, -0.2) is 26.5 Å². The van der Waals surface area contributed by atoms with Gasteiger partial charge < -0.3 is 9.47 Å². The van der Waals surface area contributed by atoms with E-state index in [-0.39, 0.29) is 19.1 Å². The summed E-state index contributed by atoms with van der Waals surface area (Å²) >= 11 is 1.33. The molecule has 154 valence electrons. The van der Waals surface area contributed by atoms with Crippen molar-refractivity contribution in [3.05, 3.63) is 76.1 Å². The summed E-state index contributed by atoms with van der Waals surface area (Å²) in [6.07, 6.45) is 1.67. The second-order valence-electron chi connectivity index (χ2n) is 6.43. The Balaban J connectivity index is 1.66. The maximum Gasteiger partial charge on any atom is 0.270 e. The molecule has 0 spiro atoms. The molecule has 30 heavy (non-hydrogen) atoms. The molecule has 0 fully saturated rings. The van der Waals surface area contributed by atoms with Crippen molar-refractivity contribution in [3.63, 3.8) is 0 Å². The molecule has 0 amide bonds. The van der Waals surface area contributed by atoms with Gasteiger partial charge in [0.1, 0.15) is 11.6 Å². The first-order valence-electron chi connectivity index (χ1n) is 9.01. The molecule has 2 heterocycles. The lowest BCUT2D eigenvalue weighted by atomic mass is 10.1. The molecule has 8 nitrogen and oxygen atoms in total.